The fraction of sp³-hybridized carbons (Fsp3) is 0.333. The number of anilines is 1. The molecule has 1 aliphatic rings. The van der Waals surface area contributed by atoms with Crippen LogP contribution in [0.3, 0.4) is 0 Å². The van der Waals surface area contributed by atoms with Gasteiger partial charge in [0.25, 0.3) is 11.8 Å². The summed E-state index contributed by atoms with van der Waals surface area (Å²) < 4.78 is 43.9. The van der Waals surface area contributed by atoms with Crippen molar-refractivity contribution < 1.29 is 37.1 Å². The minimum Gasteiger partial charge on any atom is -0.454 e. The third kappa shape index (κ3) is 3.92. The Kier molecular flexibility index (Phi) is 5.19. The second-order valence-electron chi connectivity index (χ2n) is 5.88. The molecule has 0 atom stereocenters. The predicted octanol–water partition coefficient (Wildman–Crippen LogP) is 0.916. The Labute approximate surface area is 145 Å². The lowest BCUT2D eigenvalue weighted by Crippen LogP contribution is -2.41. The third-order valence-electron chi connectivity index (χ3n) is 3.41. The van der Waals surface area contributed by atoms with E-state index in [1.54, 1.807) is 0 Å². The first-order chi connectivity index (χ1) is 12.0. The van der Waals surface area contributed by atoms with E-state index in [9.17, 15) is 32.3 Å². The molecule has 0 radical (unpaired) electrons. The Bertz CT molecular complexity index is 797. The lowest BCUT2D eigenvalue weighted by Gasteiger charge is -2.15. The number of amides is 4. The Hall–Kier alpha value is -3.11. The lowest BCUT2D eigenvalue weighted by molar-refractivity contribution is -0.150. The van der Waals surface area contributed by atoms with Gasteiger partial charge in [-0.05, 0) is 26.0 Å². The molecule has 2 N–H and O–H groups in total. The largest absolute Gasteiger partial charge is 0.454 e. The Morgan fingerprint density at radius 3 is 2.42 bits per heavy atom. The Morgan fingerprint density at radius 1 is 1.19 bits per heavy atom. The van der Waals surface area contributed by atoms with Crippen LogP contribution < -0.4 is 10.6 Å². The highest BCUT2D eigenvalue weighted by Gasteiger charge is 2.45. The fourth-order valence-electron chi connectivity index (χ4n) is 2.09. The molecule has 1 aromatic rings. The Balaban J connectivity index is 1.88. The van der Waals surface area contributed by atoms with Crippen molar-refractivity contribution in [2.45, 2.75) is 19.4 Å². The molecule has 4 amide bonds. The van der Waals surface area contributed by atoms with Gasteiger partial charge in [-0.1, -0.05) is 0 Å². The van der Waals surface area contributed by atoms with Crippen LogP contribution in [0.1, 0.15) is 13.8 Å². The van der Waals surface area contributed by atoms with Crippen molar-refractivity contribution >= 4 is 29.5 Å². The number of rotatable bonds is 5. The number of hydrogen-bond acceptors (Lipinski definition) is 5. The van der Waals surface area contributed by atoms with Gasteiger partial charge < -0.3 is 15.4 Å². The molecule has 1 aromatic carbocycles. The predicted molar refractivity (Wildman–Crippen MR) is 80.2 cm³/mol. The second-order valence-corrected chi connectivity index (χ2v) is 5.88. The summed E-state index contributed by atoms with van der Waals surface area (Å²) in [6, 6.07) is 0.618. The molecule has 11 heteroatoms. The minimum absolute atomic E-state index is 0.610. The topological polar surface area (TPSA) is 105 Å². The molecule has 2 rings (SSSR count). The van der Waals surface area contributed by atoms with E-state index in [0.29, 0.717) is 11.0 Å². The number of carbonyl (C=O) groups is 4. The second kappa shape index (κ2) is 7.02. The summed E-state index contributed by atoms with van der Waals surface area (Å²) in [5.41, 5.74) is -1.81. The number of nitrogens with one attached hydrogen (secondary N) is 2. The summed E-state index contributed by atoms with van der Waals surface area (Å²) >= 11 is 0. The molecule has 1 fully saturated rings. The lowest BCUT2D eigenvalue weighted by atomic mass is 10.1. The fourth-order valence-corrected chi connectivity index (χ4v) is 2.09. The normalized spacial score (nSPS) is 15.7. The molecule has 1 heterocycles. The van der Waals surface area contributed by atoms with Crippen molar-refractivity contribution in [2.75, 3.05) is 18.5 Å². The van der Waals surface area contributed by atoms with Crippen LogP contribution in [-0.4, -0.2) is 47.4 Å². The number of benzene rings is 1. The highest BCUT2D eigenvalue weighted by Crippen LogP contribution is 2.19. The van der Waals surface area contributed by atoms with Crippen LogP contribution in [0, 0.1) is 17.5 Å². The maximum absolute atomic E-state index is 13.4. The number of ether oxygens (including phenoxy) is 1. The van der Waals surface area contributed by atoms with Gasteiger partial charge in [-0.15, -0.1) is 0 Å². The van der Waals surface area contributed by atoms with E-state index in [2.05, 4.69) is 10.1 Å². The van der Waals surface area contributed by atoms with Gasteiger partial charge in [0.15, 0.2) is 24.1 Å². The molecule has 1 saturated heterocycles. The van der Waals surface area contributed by atoms with Crippen LogP contribution in [0.2, 0.25) is 0 Å². The number of nitrogens with zero attached hydrogens (tertiary/aromatic N) is 1. The van der Waals surface area contributed by atoms with Gasteiger partial charge in [0.05, 0.1) is 5.69 Å². The molecule has 0 aliphatic carbocycles. The molecule has 0 unspecified atom stereocenters. The van der Waals surface area contributed by atoms with Gasteiger partial charge in [0, 0.05) is 0 Å². The maximum atomic E-state index is 13.4. The molecule has 0 saturated carbocycles. The first-order valence-electron chi connectivity index (χ1n) is 7.26. The molecular weight excluding hydrogens is 359 g/mol. The van der Waals surface area contributed by atoms with E-state index in [0.717, 1.165) is 6.07 Å². The monoisotopic (exact) mass is 373 g/mol. The average Bonchev–Trinajstić information content (AvgIpc) is 2.75. The van der Waals surface area contributed by atoms with Crippen LogP contribution in [0.25, 0.3) is 0 Å². The zero-order valence-electron chi connectivity index (χ0n) is 13.7. The number of carbonyl (C=O) groups excluding carboxylic acids is 4. The minimum atomic E-state index is -1.76. The number of imide groups is 1. The summed E-state index contributed by atoms with van der Waals surface area (Å²) in [6.45, 7) is 1.29. The smallest absolute Gasteiger partial charge is 0.326 e. The van der Waals surface area contributed by atoms with Gasteiger partial charge in [0.1, 0.15) is 12.1 Å². The molecule has 1 aliphatic heterocycles. The molecule has 0 bridgehead atoms. The van der Waals surface area contributed by atoms with Crippen LogP contribution in [0.5, 0.6) is 0 Å². The molecule has 8 nitrogen and oxygen atoms in total. The van der Waals surface area contributed by atoms with E-state index in [4.69, 9.17) is 0 Å². The third-order valence-corrected chi connectivity index (χ3v) is 3.41. The van der Waals surface area contributed by atoms with Crippen molar-refractivity contribution in [1.82, 2.24) is 10.2 Å². The number of urea groups is 1. The first kappa shape index (κ1) is 19.2. The van der Waals surface area contributed by atoms with Gasteiger partial charge in [-0.2, -0.15) is 0 Å². The Morgan fingerprint density at radius 2 is 1.85 bits per heavy atom. The highest BCUT2D eigenvalue weighted by molar-refractivity contribution is 6.08. The van der Waals surface area contributed by atoms with Crippen molar-refractivity contribution in [2.24, 2.45) is 0 Å². The number of esters is 1. The highest BCUT2D eigenvalue weighted by atomic mass is 19.2. The van der Waals surface area contributed by atoms with E-state index in [-0.39, 0.29) is 0 Å². The average molecular weight is 373 g/mol. The zero-order valence-corrected chi connectivity index (χ0v) is 13.7. The molecule has 0 aromatic heterocycles. The summed E-state index contributed by atoms with van der Waals surface area (Å²) in [5.74, 6) is -7.53. The standard InChI is InChI=1S/C15H14F3N3O5/c1-15(2)13(24)21(14(25)20-15)5-10(23)26-6-9(22)19-8-4-3-7(16)11(17)12(8)18/h3-4H,5-6H2,1-2H3,(H,19,22)(H,20,25). The summed E-state index contributed by atoms with van der Waals surface area (Å²) in [6.07, 6.45) is 0. The van der Waals surface area contributed by atoms with E-state index in [1.807, 2.05) is 5.32 Å². The molecule has 140 valence electrons. The van der Waals surface area contributed by atoms with Crippen LogP contribution in [0.15, 0.2) is 12.1 Å². The van der Waals surface area contributed by atoms with E-state index >= 15 is 0 Å². The van der Waals surface area contributed by atoms with Gasteiger partial charge in [0.2, 0.25) is 0 Å². The van der Waals surface area contributed by atoms with E-state index in [1.165, 1.54) is 13.8 Å². The summed E-state index contributed by atoms with van der Waals surface area (Å²) in [5, 5.41) is 4.25. The quantitative estimate of drug-likeness (QED) is 0.454. The molecule has 26 heavy (non-hydrogen) atoms. The van der Waals surface area contributed by atoms with E-state index < -0.39 is 65.6 Å². The van der Waals surface area contributed by atoms with Crippen LogP contribution in [0.4, 0.5) is 23.7 Å². The van der Waals surface area contributed by atoms with Crippen molar-refractivity contribution in [3.63, 3.8) is 0 Å². The first-order valence-corrected chi connectivity index (χ1v) is 7.26. The maximum Gasteiger partial charge on any atom is 0.326 e. The SMILES string of the molecule is CC1(C)NC(=O)N(CC(=O)OCC(=O)Nc2ccc(F)c(F)c2F)C1=O. The van der Waals surface area contributed by atoms with Gasteiger partial charge in [-0.3, -0.25) is 19.3 Å². The summed E-state index contributed by atoms with van der Waals surface area (Å²) in [4.78, 5) is 47.4. The number of hydrogen-bond donors (Lipinski definition) is 2. The van der Waals surface area contributed by atoms with Gasteiger partial charge in [-0.25, -0.2) is 18.0 Å². The molecule has 0 spiro atoms. The van der Waals surface area contributed by atoms with Crippen molar-refractivity contribution in [3.05, 3.63) is 29.6 Å². The van der Waals surface area contributed by atoms with Crippen LogP contribution in [-0.2, 0) is 19.1 Å². The zero-order chi connectivity index (χ0) is 19.6. The summed E-state index contributed by atoms with van der Waals surface area (Å²) in [7, 11) is 0. The molecular formula is C15H14F3N3O5. The van der Waals surface area contributed by atoms with Crippen LogP contribution >= 0.6 is 0 Å². The van der Waals surface area contributed by atoms with Crippen molar-refractivity contribution in [3.8, 4) is 0 Å². The number of halogens is 3. The van der Waals surface area contributed by atoms with Gasteiger partial charge >= 0.3 is 12.0 Å². The van der Waals surface area contributed by atoms with Crippen molar-refractivity contribution in [1.29, 1.82) is 0 Å².